The molecule has 4 heteroatoms. The molecule has 0 bridgehead atoms. The standard InChI is InChI=1S/C16H19N3O/c1-9(2)14-10(3)18-16(19-15(14)17)12-4-5-13-11(8-12)6-7-20-13/h4-5,8-9H,6-7H2,1-3H3,(H2,17,18,19). The third kappa shape index (κ3) is 2.11. The van der Waals surface area contributed by atoms with Crippen LogP contribution < -0.4 is 10.5 Å². The van der Waals surface area contributed by atoms with Crippen molar-refractivity contribution >= 4 is 5.82 Å². The monoisotopic (exact) mass is 269 g/mol. The molecule has 0 saturated carbocycles. The number of nitrogens with zero attached hydrogens (tertiary/aromatic N) is 2. The molecule has 1 aliphatic rings. The van der Waals surface area contributed by atoms with Gasteiger partial charge < -0.3 is 10.5 Å². The second-order valence-corrected chi connectivity index (χ2v) is 5.51. The number of rotatable bonds is 2. The van der Waals surface area contributed by atoms with Crippen LogP contribution in [0.5, 0.6) is 5.75 Å². The summed E-state index contributed by atoms with van der Waals surface area (Å²) in [5.74, 6) is 2.58. The molecule has 0 unspecified atom stereocenters. The Hall–Kier alpha value is -2.10. The Balaban J connectivity index is 2.07. The van der Waals surface area contributed by atoms with Crippen molar-refractivity contribution < 1.29 is 4.74 Å². The van der Waals surface area contributed by atoms with E-state index in [2.05, 4.69) is 29.9 Å². The van der Waals surface area contributed by atoms with Gasteiger partial charge in [-0.2, -0.15) is 0 Å². The van der Waals surface area contributed by atoms with Crippen molar-refractivity contribution in [1.82, 2.24) is 9.97 Å². The zero-order chi connectivity index (χ0) is 14.3. The average Bonchev–Trinajstić information content (AvgIpc) is 2.84. The third-order valence-corrected chi connectivity index (χ3v) is 3.69. The summed E-state index contributed by atoms with van der Waals surface area (Å²) >= 11 is 0. The predicted molar refractivity (Wildman–Crippen MR) is 79.9 cm³/mol. The molecule has 4 nitrogen and oxygen atoms in total. The van der Waals surface area contributed by atoms with E-state index < -0.39 is 0 Å². The van der Waals surface area contributed by atoms with Crippen LogP contribution in [0.1, 0.15) is 36.6 Å². The maximum atomic E-state index is 6.10. The van der Waals surface area contributed by atoms with Gasteiger partial charge in [-0.15, -0.1) is 0 Å². The Morgan fingerprint density at radius 2 is 2.05 bits per heavy atom. The number of nitrogen functional groups attached to an aromatic ring is 1. The van der Waals surface area contributed by atoms with Crippen LogP contribution >= 0.6 is 0 Å². The van der Waals surface area contributed by atoms with Crippen LogP contribution in [0.4, 0.5) is 5.82 Å². The maximum absolute atomic E-state index is 6.10. The van der Waals surface area contributed by atoms with Gasteiger partial charge in [-0.3, -0.25) is 0 Å². The Bertz CT molecular complexity index is 642. The molecule has 20 heavy (non-hydrogen) atoms. The summed E-state index contributed by atoms with van der Waals surface area (Å²) in [5.41, 5.74) is 10.3. The highest BCUT2D eigenvalue weighted by Gasteiger charge is 2.16. The molecule has 0 aliphatic carbocycles. The number of aromatic nitrogens is 2. The fourth-order valence-electron chi connectivity index (χ4n) is 2.77. The smallest absolute Gasteiger partial charge is 0.161 e. The highest BCUT2D eigenvalue weighted by molar-refractivity contribution is 5.62. The Morgan fingerprint density at radius 3 is 2.75 bits per heavy atom. The summed E-state index contributed by atoms with van der Waals surface area (Å²) in [6, 6.07) is 6.09. The van der Waals surface area contributed by atoms with Crippen molar-refractivity contribution in [3.8, 4) is 17.1 Å². The molecule has 104 valence electrons. The van der Waals surface area contributed by atoms with Gasteiger partial charge in [0.2, 0.25) is 0 Å². The van der Waals surface area contributed by atoms with Crippen molar-refractivity contribution in [2.45, 2.75) is 33.1 Å². The molecule has 1 aromatic heterocycles. The highest BCUT2D eigenvalue weighted by Crippen LogP contribution is 2.31. The van der Waals surface area contributed by atoms with Gasteiger partial charge in [-0.1, -0.05) is 13.8 Å². The quantitative estimate of drug-likeness (QED) is 0.910. The lowest BCUT2D eigenvalue weighted by Crippen LogP contribution is -2.06. The summed E-state index contributed by atoms with van der Waals surface area (Å²) in [6.07, 6.45) is 0.946. The van der Waals surface area contributed by atoms with Crippen LogP contribution in [0.15, 0.2) is 18.2 Å². The summed E-state index contributed by atoms with van der Waals surface area (Å²) in [6.45, 7) is 6.96. The van der Waals surface area contributed by atoms with Gasteiger partial charge in [0, 0.05) is 23.2 Å². The number of hydrogen-bond acceptors (Lipinski definition) is 4. The van der Waals surface area contributed by atoms with Crippen molar-refractivity contribution in [2.75, 3.05) is 12.3 Å². The van der Waals surface area contributed by atoms with E-state index in [9.17, 15) is 0 Å². The molecule has 2 N–H and O–H groups in total. The van der Waals surface area contributed by atoms with E-state index in [0.29, 0.717) is 17.6 Å². The van der Waals surface area contributed by atoms with E-state index in [1.165, 1.54) is 5.56 Å². The molecule has 2 heterocycles. The molecule has 3 rings (SSSR count). The highest BCUT2D eigenvalue weighted by atomic mass is 16.5. The largest absolute Gasteiger partial charge is 0.493 e. The number of aryl methyl sites for hydroxylation is 1. The molecular weight excluding hydrogens is 250 g/mol. The Labute approximate surface area is 119 Å². The molecule has 2 aromatic rings. The predicted octanol–water partition coefficient (Wildman–Crippen LogP) is 3.09. The number of nitrogens with two attached hydrogens (primary N) is 1. The second kappa shape index (κ2) is 4.78. The van der Waals surface area contributed by atoms with Gasteiger partial charge in [0.1, 0.15) is 11.6 Å². The van der Waals surface area contributed by atoms with Gasteiger partial charge in [0.15, 0.2) is 5.82 Å². The first kappa shape index (κ1) is 12.9. The lowest BCUT2D eigenvalue weighted by Gasteiger charge is -2.13. The SMILES string of the molecule is Cc1nc(-c2ccc3c(c2)CCO3)nc(N)c1C(C)C. The molecule has 0 atom stereocenters. The van der Waals surface area contributed by atoms with Crippen LogP contribution in [0.25, 0.3) is 11.4 Å². The zero-order valence-electron chi connectivity index (χ0n) is 12.1. The van der Waals surface area contributed by atoms with Crippen molar-refractivity contribution in [2.24, 2.45) is 0 Å². The second-order valence-electron chi connectivity index (χ2n) is 5.51. The average molecular weight is 269 g/mol. The minimum atomic E-state index is 0.331. The number of hydrogen-bond donors (Lipinski definition) is 1. The van der Waals surface area contributed by atoms with E-state index in [1.54, 1.807) is 0 Å². The Kier molecular flexibility index (Phi) is 3.08. The molecule has 0 spiro atoms. The maximum Gasteiger partial charge on any atom is 0.161 e. The molecule has 1 aromatic carbocycles. The first-order valence-electron chi connectivity index (χ1n) is 6.96. The van der Waals surface area contributed by atoms with E-state index in [4.69, 9.17) is 10.5 Å². The van der Waals surface area contributed by atoms with Crippen LogP contribution in [-0.4, -0.2) is 16.6 Å². The molecular formula is C16H19N3O. The van der Waals surface area contributed by atoms with Crippen LogP contribution in [0.2, 0.25) is 0 Å². The van der Waals surface area contributed by atoms with E-state index >= 15 is 0 Å². The fraction of sp³-hybridized carbons (Fsp3) is 0.375. The van der Waals surface area contributed by atoms with E-state index in [-0.39, 0.29) is 0 Å². The van der Waals surface area contributed by atoms with Gasteiger partial charge in [0.25, 0.3) is 0 Å². The van der Waals surface area contributed by atoms with Crippen molar-refractivity contribution in [3.63, 3.8) is 0 Å². The van der Waals surface area contributed by atoms with Crippen LogP contribution in [-0.2, 0) is 6.42 Å². The van der Waals surface area contributed by atoms with Crippen molar-refractivity contribution in [1.29, 1.82) is 0 Å². The van der Waals surface area contributed by atoms with E-state index in [0.717, 1.165) is 35.6 Å². The van der Waals surface area contributed by atoms with Gasteiger partial charge in [-0.25, -0.2) is 9.97 Å². The normalized spacial score (nSPS) is 13.4. The first-order valence-corrected chi connectivity index (χ1v) is 6.96. The first-order chi connectivity index (χ1) is 9.56. The molecule has 0 amide bonds. The van der Waals surface area contributed by atoms with Crippen LogP contribution in [0.3, 0.4) is 0 Å². The topological polar surface area (TPSA) is 61.0 Å². The molecule has 0 fully saturated rings. The number of anilines is 1. The number of benzene rings is 1. The summed E-state index contributed by atoms with van der Waals surface area (Å²) in [7, 11) is 0. The molecule has 0 radical (unpaired) electrons. The van der Waals surface area contributed by atoms with Gasteiger partial charge >= 0.3 is 0 Å². The molecule has 1 aliphatic heterocycles. The zero-order valence-corrected chi connectivity index (χ0v) is 12.1. The summed E-state index contributed by atoms with van der Waals surface area (Å²) in [5, 5.41) is 0. The summed E-state index contributed by atoms with van der Waals surface area (Å²) in [4.78, 5) is 9.10. The minimum absolute atomic E-state index is 0.331. The Morgan fingerprint density at radius 1 is 1.25 bits per heavy atom. The summed E-state index contributed by atoms with van der Waals surface area (Å²) < 4.78 is 5.52. The fourth-order valence-corrected chi connectivity index (χ4v) is 2.77. The lowest BCUT2D eigenvalue weighted by atomic mass is 10.0. The lowest BCUT2D eigenvalue weighted by molar-refractivity contribution is 0.357. The van der Waals surface area contributed by atoms with Crippen LogP contribution in [0, 0.1) is 6.92 Å². The molecule has 0 saturated heterocycles. The van der Waals surface area contributed by atoms with Gasteiger partial charge in [0.05, 0.1) is 6.61 Å². The minimum Gasteiger partial charge on any atom is -0.493 e. The van der Waals surface area contributed by atoms with Gasteiger partial charge in [-0.05, 0) is 36.6 Å². The van der Waals surface area contributed by atoms with Crippen molar-refractivity contribution in [3.05, 3.63) is 35.0 Å². The number of ether oxygens (including phenoxy) is 1. The van der Waals surface area contributed by atoms with E-state index in [1.807, 2.05) is 19.1 Å². The number of fused-ring (bicyclic) bond motifs is 1. The third-order valence-electron chi connectivity index (χ3n) is 3.69.